The third-order valence-corrected chi connectivity index (χ3v) is 4.82. The average molecular weight is 305 g/mol. The molecule has 0 unspecified atom stereocenters. The SMILES string of the molecule is COc1c(C)cnc(CSc2nc3cscc3[nH]2)c1C. The van der Waals surface area contributed by atoms with Crippen molar-refractivity contribution in [2.75, 3.05) is 7.11 Å². The second-order valence-corrected chi connectivity index (χ2v) is 6.26. The summed E-state index contributed by atoms with van der Waals surface area (Å²) in [5.41, 5.74) is 5.34. The molecule has 3 rings (SSSR count). The standard InChI is InChI=1S/C14H15N3OS2/c1-8-4-15-10(9(2)13(8)18-3)7-20-14-16-11-5-19-6-12(11)17-14/h4-6H,7H2,1-3H3,(H,16,17). The molecule has 3 aromatic heterocycles. The van der Waals surface area contributed by atoms with Crippen LogP contribution >= 0.6 is 23.1 Å². The summed E-state index contributed by atoms with van der Waals surface area (Å²) in [6, 6.07) is 0. The van der Waals surface area contributed by atoms with Crippen molar-refractivity contribution in [1.82, 2.24) is 15.0 Å². The molecule has 4 nitrogen and oxygen atoms in total. The van der Waals surface area contributed by atoms with Crippen LogP contribution in [0, 0.1) is 13.8 Å². The molecule has 20 heavy (non-hydrogen) atoms. The number of imidazole rings is 1. The lowest BCUT2D eigenvalue weighted by Gasteiger charge is -2.11. The Bertz CT molecular complexity index is 720. The van der Waals surface area contributed by atoms with E-state index in [0.717, 1.165) is 44.5 Å². The van der Waals surface area contributed by atoms with Crippen LogP contribution in [0.3, 0.4) is 0 Å². The highest BCUT2D eigenvalue weighted by Gasteiger charge is 2.11. The third kappa shape index (κ3) is 2.41. The minimum absolute atomic E-state index is 0.780. The first-order chi connectivity index (χ1) is 9.69. The number of aromatic nitrogens is 3. The zero-order valence-corrected chi connectivity index (χ0v) is 13.2. The van der Waals surface area contributed by atoms with Gasteiger partial charge in [0.05, 0.1) is 18.3 Å². The molecule has 0 amide bonds. The number of methoxy groups -OCH3 is 1. The molecule has 1 N–H and O–H groups in total. The predicted octanol–water partition coefficient (Wildman–Crippen LogP) is 3.94. The number of nitrogens with one attached hydrogen (secondary N) is 1. The molecule has 0 bridgehead atoms. The Hall–Kier alpha value is -1.53. The summed E-state index contributed by atoms with van der Waals surface area (Å²) in [4.78, 5) is 12.3. The molecule has 6 heteroatoms. The Balaban J connectivity index is 1.79. The Morgan fingerprint density at radius 2 is 2.20 bits per heavy atom. The molecular weight excluding hydrogens is 290 g/mol. The number of H-pyrrole nitrogens is 1. The molecule has 0 spiro atoms. The monoisotopic (exact) mass is 305 g/mol. The Labute approximate surface area is 125 Å². The lowest BCUT2D eigenvalue weighted by molar-refractivity contribution is 0.407. The third-order valence-electron chi connectivity index (χ3n) is 3.20. The van der Waals surface area contributed by atoms with E-state index in [1.54, 1.807) is 30.2 Å². The first kappa shape index (κ1) is 13.5. The number of rotatable bonds is 4. The van der Waals surface area contributed by atoms with Gasteiger partial charge in [-0.3, -0.25) is 4.98 Å². The number of nitrogens with zero attached hydrogens (tertiary/aromatic N) is 2. The van der Waals surface area contributed by atoms with Crippen LogP contribution in [-0.2, 0) is 5.75 Å². The van der Waals surface area contributed by atoms with Gasteiger partial charge in [-0.1, -0.05) is 11.8 Å². The molecule has 0 saturated carbocycles. The van der Waals surface area contributed by atoms with Crippen LogP contribution in [0.2, 0.25) is 0 Å². The van der Waals surface area contributed by atoms with Gasteiger partial charge < -0.3 is 9.72 Å². The Kier molecular flexibility index (Phi) is 3.67. The van der Waals surface area contributed by atoms with Crippen molar-refractivity contribution in [1.29, 1.82) is 0 Å². The first-order valence-corrected chi connectivity index (χ1v) is 8.15. The zero-order valence-electron chi connectivity index (χ0n) is 11.6. The summed E-state index contributed by atoms with van der Waals surface area (Å²) < 4.78 is 5.43. The Morgan fingerprint density at radius 1 is 1.35 bits per heavy atom. The lowest BCUT2D eigenvalue weighted by Crippen LogP contribution is -1.98. The van der Waals surface area contributed by atoms with Crippen LogP contribution in [0.15, 0.2) is 22.1 Å². The largest absolute Gasteiger partial charge is 0.496 e. The summed E-state index contributed by atoms with van der Waals surface area (Å²) in [5.74, 6) is 1.71. The number of fused-ring (bicyclic) bond motifs is 1. The van der Waals surface area contributed by atoms with Gasteiger partial charge in [-0.05, 0) is 13.8 Å². The number of hydrogen-bond acceptors (Lipinski definition) is 5. The average Bonchev–Trinajstić information content (AvgIpc) is 2.99. The van der Waals surface area contributed by atoms with Gasteiger partial charge in [0, 0.05) is 33.8 Å². The first-order valence-electron chi connectivity index (χ1n) is 6.23. The second kappa shape index (κ2) is 5.46. The topological polar surface area (TPSA) is 50.8 Å². The van der Waals surface area contributed by atoms with E-state index in [-0.39, 0.29) is 0 Å². The smallest absolute Gasteiger partial charge is 0.166 e. The highest BCUT2D eigenvalue weighted by atomic mass is 32.2. The summed E-state index contributed by atoms with van der Waals surface area (Å²) >= 11 is 3.32. The number of hydrogen-bond donors (Lipinski definition) is 1. The van der Waals surface area contributed by atoms with Crippen LogP contribution in [-0.4, -0.2) is 22.1 Å². The van der Waals surface area contributed by atoms with Crippen LogP contribution in [0.25, 0.3) is 11.0 Å². The van der Waals surface area contributed by atoms with Gasteiger partial charge in [-0.2, -0.15) is 0 Å². The van der Waals surface area contributed by atoms with Gasteiger partial charge in [-0.15, -0.1) is 11.3 Å². The molecule has 0 aromatic carbocycles. The second-order valence-electron chi connectivity index (χ2n) is 4.55. The summed E-state index contributed by atoms with van der Waals surface area (Å²) in [6.07, 6.45) is 1.86. The number of thioether (sulfide) groups is 1. The summed E-state index contributed by atoms with van der Waals surface area (Å²) in [5, 5.41) is 5.06. The number of pyridine rings is 1. The molecule has 0 fully saturated rings. The number of aromatic amines is 1. The van der Waals surface area contributed by atoms with Gasteiger partial charge in [-0.25, -0.2) is 4.98 Å². The van der Waals surface area contributed by atoms with E-state index in [4.69, 9.17) is 4.74 Å². The molecule has 3 aromatic rings. The highest BCUT2D eigenvalue weighted by molar-refractivity contribution is 7.98. The molecule has 0 aliphatic carbocycles. The van der Waals surface area contributed by atoms with Crippen molar-refractivity contribution in [3.63, 3.8) is 0 Å². The van der Waals surface area contributed by atoms with Gasteiger partial charge in [0.15, 0.2) is 5.16 Å². The lowest BCUT2D eigenvalue weighted by atomic mass is 10.1. The van der Waals surface area contributed by atoms with Crippen molar-refractivity contribution < 1.29 is 4.74 Å². The molecule has 0 aliphatic heterocycles. The van der Waals surface area contributed by atoms with E-state index in [9.17, 15) is 0 Å². The zero-order chi connectivity index (χ0) is 14.1. The quantitative estimate of drug-likeness (QED) is 0.742. The number of ether oxygens (including phenoxy) is 1. The number of thiophene rings is 1. The van der Waals surface area contributed by atoms with Crippen LogP contribution in [0.1, 0.15) is 16.8 Å². The van der Waals surface area contributed by atoms with Crippen molar-refractivity contribution in [2.45, 2.75) is 24.8 Å². The predicted molar refractivity (Wildman–Crippen MR) is 83.8 cm³/mol. The van der Waals surface area contributed by atoms with Gasteiger partial charge >= 0.3 is 0 Å². The molecule has 104 valence electrons. The van der Waals surface area contributed by atoms with Gasteiger partial charge in [0.1, 0.15) is 11.3 Å². The highest BCUT2D eigenvalue weighted by Crippen LogP contribution is 2.29. The van der Waals surface area contributed by atoms with Crippen LogP contribution in [0.5, 0.6) is 5.75 Å². The molecule has 0 aliphatic rings. The van der Waals surface area contributed by atoms with E-state index >= 15 is 0 Å². The minimum Gasteiger partial charge on any atom is -0.496 e. The minimum atomic E-state index is 0.780. The van der Waals surface area contributed by atoms with Crippen molar-refractivity contribution >= 4 is 34.1 Å². The maximum Gasteiger partial charge on any atom is 0.166 e. The van der Waals surface area contributed by atoms with Crippen LogP contribution in [0.4, 0.5) is 0 Å². The number of aryl methyl sites for hydroxylation is 1. The molecule has 0 saturated heterocycles. The van der Waals surface area contributed by atoms with Crippen molar-refractivity contribution in [2.24, 2.45) is 0 Å². The normalized spacial score (nSPS) is 11.2. The van der Waals surface area contributed by atoms with E-state index in [0.29, 0.717) is 0 Å². The van der Waals surface area contributed by atoms with E-state index in [2.05, 4.69) is 27.3 Å². The van der Waals surface area contributed by atoms with E-state index in [1.165, 1.54) is 0 Å². The van der Waals surface area contributed by atoms with Gasteiger partial charge in [0.2, 0.25) is 0 Å². The van der Waals surface area contributed by atoms with Crippen molar-refractivity contribution in [3.8, 4) is 5.75 Å². The van der Waals surface area contributed by atoms with E-state index in [1.807, 2.05) is 18.5 Å². The fraction of sp³-hybridized carbons (Fsp3) is 0.286. The maximum atomic E-state index is 5.43. The fourth-order valence-electron chi connectivity index (χ4n) is 2.14. The van der Waals surface area contributed by atoms with Gasteiger partial charge in [0.25, 0.3) is 0 Å². The summed E-state index contributed by atoms with van der Waals surface area (Å²) in [7, 11) is 1.70. The van der Waals surface area contributed by atoms with E-state index < -0.39 is 0 Å². The molecular formula is C14H15N3OS2. The maximum absolute atomic E-state index is 5.43. The molecule has 0 atom stereocenters. The van der Waals surface area contributed by atoms with Crippen LogP contribution < -0.4 is 4.74 Å². The van der Waals surface area contributed by atoms with Crippen molar-refractivity contribution in [3.05, 3.63) is 33.8 Å². The summed E-state index contributed by atoms with van der Waals surface area (Å²) in [6.45, 7) is 4.06. The Morgan fingerprint density at radius 3 is 2.95 bits per heavy atom. The fourth-order valence-corrected chi connectivity index (χ4v) is 3.75. The molecule has 0 radical (unpaired) electrons. The molecule has 3 heterocycles.